The molecule has 15 nitrogen and oxygen atoms in total. The highest BCUT2D eigenvalue weighted by atomic mass is 16.5. The number of hydrogen-bond donors (Lipinski definition) is 4. The number of esters is 1. The number of isocyanates is 1. The van der Waals surface area contributed by atoms with Crippen molar-refractivity contribution in [1.29, 1.82) is 0 Å². The fraction of sp³-hybridized carbons (Fsp3) is 0.423. The Labute approximate surface area is 395 Å². The van der Waals surface area contributed by atoms with Gasteiger partial charge in [0, 0.05) is 36.0 Å². The summed E-state index contributed by atoms with van der Waals surface area (Å²) >= 11 is 0. The Morgan fingerprint density at radius 3 is 1.55 bits per heavy atom. The number of carbonyl (C=O) groups is 5. The number of hydrogen-bond acceptors (Lipinski definition) is 11. The van der Waals surface area contributed by atoms with Gasteiger partial charge in [0.05, 0.1) is 38.5 Å². The number of methoxy groups -OCH3 is 2. The van der Waals surface area contributed by atoms with E-state index < -0.39 is 5.97 Å². The van der Waals surface area contributed by atoms with Crippen molar-refractivity contribution in [3.05, 3.63) is 131 Å². The standard InChI is InChI=1S/C24H27N3O4.C21H26N2O2.C5H7NO3.2CH4/c1-31-20-10-6-5-9-19(20)22(29)26-16-24(17-7-3-2-4-8-17)13-11-18(12-14-24)27-21(28)15-25-23(27)30;1-25-19-10-6-5-9-18(19)20(24)23-15-21(13-11-17(22)12-14-21)16-7-3-2-4-8-16;1-2-9-5(8)3-6-4-7;;/h2-10,18H,11-16H2,1H3,(H,25,30)(H,26,29);2-10,17H,11-15,22H2,1H3,(H,23,24);2-3H2,1H3;2*1H4. The van der Waals surface area contributed by atoms with Gasteiger partial charge in [-0.3, -0.25) is 24.1 Å². The summed E-state index contributed by atoms with van der Waals surface area (Å²) in [6, 6.07) is 35.0. The van der Waals surface area contributed by atoms with Gasteiger partial charge in [-0.05, 0) is 93.7 Å². The molecular formula is C52H68N6O9. The molecular weight excluding hydrogens is 853 g/mol. The molecule has 3 fully saturated rings. The third kappa shape index (κ3) is 14.6. The topological polar surface area (TPSA) is 208 Å². The van der Waals surface area contributed by atoms with Crippen LogP contribution in [0.5, 0.6) is 11.5 Å². The molecule has 67 heavy (non-hydrogen) atoms. The summed E-state index contributed by atoms with van der Waals surface area (Å²) in [5.74, 6) is 0.203. The molecule has 2 saturated carbocycles. The van der Waals surface area contributed by atoms with Crippen LogP contribution in [0.15, 0.2) is 114 Å². The van der Waals surface area contributed by atoms with Gasteiger partial charge in [-0.2, -0.15) is 4.99 Å². The van der Waals surface area contributed by atoms with Crippen LogP contribution in [-0.4, -0.2) is 99.8 Å². The minimum Gasteiger partial charge on any atom is -0.496 e. The number of nitrogens with two attached hydrogens (primary N) is 1. The number of ether oxygens (including phenoxy) is 3. The quantitative estimate of drug-likeness (QED) is 0.0430. The lowest BCUT2D eigenvalue weighted by Crippen LogP contribution is -2.49. The molecule has 2 aliphatic carbocycles. The van der Waals surface area contributed by atoms with Crippen LogP contribution in [0.3, 0.4) is 0 Å². The van der Waals surface area contributed by atoms with Gasteiger partial charge in [0.2, 0.25) is 12.0 Å². The second-order valence-electron chi connectivity index (χ2n) is 16.3. The summed E-state index contributed by atoms with van der Waals surface area (Å²) < 4.78 is 15.1. The predicted octanol–water partition coefficient (Wildman–Crippen LogP) is 7.28. The van der Waals surface area contributed by atoms with Crippen molar-refractivity contribution in [3.8, 4) is 11.5 Å². The molecule has 0 radical (unpaired) electrons. The Hall–Kier alpha value is -6.83. The fourth-order valence-corrected chi connectivity index (χ4v) is 8.79. The number of amides is 5. The van der Waals surface area contributed by atoms with Crippen molar-refractivity contribution in [3.63, 3.8) is 0 Å². The molecule has 4 aromatic carbocycles. The molecule has 5 N–H and O–H groups in total. The van der Waals surface area contributed by atoms with E-state index in [0.717, 1.165) is 44.1 Å². The molecule has 3 aliphatic rings. The van der Waals surface area contributed by atoms with E-state index >= 15 is 0 Å². The number of carbonyl (C=O) groups excluding carboxylic acids is 6. The predicted molar refractivity (Wildman–Crippen MR) is 259 cm³/mol. The van der Waals surface area contributed by atoms with Crippen molar-refractivity contribution >= 4 is 35.8 Å². The number of benzene rings is 4. The molecule has 7 rings (SSSR count). The van der Waals surface area contributed by atoms with Crippen LogP contribution < -0.4 is 31.2 Å². The van der Waals surface area contributed by atoms with Crippen LogP contribution in [0, 0.1) is 0 Å². The second-order valence-corrected chi connectivity index (χ2v) is 16.3. The summed E-state index contributed by atoms with van der Waals surface area (Å²) in [6.45, 7) is 2.93. The van der Waals surface area contributed by atoms with Gasteiger partial charge in [-0.1, -0.05) is 99.8 Å². The number of imide groups is 1. The molecule has 0 atom stereocenters. The fourth-order valence-electron chi connectivity index (χ4n) is 8.79. The Morgan fingerprint density at radius 2 is 1.15 bits per heavy atom. The summed E-state index contributed by atoms with van der Waals surface area (Å²) in [6.07, 6.45) is 8.13. The van der Waals surface area contributed by atoms with E-state index in [1.165, 1.54) is 16.5 Å². The van der Waals surface area contributed by atoms with Crippen molar-refractivity contribution in [2.75, 3.05) is 47.0 Å². The second kappa shape index (κ2) is 27.0. The molecule has 5 amide bonds. The number of nitrogens with one attached hydrogen (secondary N) is 3. The van der Waals surface area contributed by atoms with Crippen molar-refractivity contribution in [1.82, 2.24) is 20.9 Å². The Kier molecular flexibility index (Phi) is 21.9. The van der Waals surface area contributed by atoms with Crippen molar-refractivity contribution < 1.29 is 43.0 Å². The van der Waals surface area contributed by atoms with Crippen LogP contribution in [-0.2, 0) is 30.0 Å². The number of aliphatic imine (C=N–C) groups is 1. The van der Waals surface area contributed by atoms with Crippen LogP contribution in [0.25, 0.3) is 0 Å². The van der Waals surface area contributed by atoms with Gasteiger partial charge >= 0.3 is 12.0 Å². The maximum Gasteiger partial charge on any atom is 0.328 e. The monoisotopic (exact) mass is 921 g/mol. The average molecular weight is 921 g/mol. The van der Waals surface area contributed by atoms with E-state index in [9.17, 15) is 28.8 Å². The van der Waals surface area contributed by atoms with Crippen LogP contribution in [0.2, 0.25) is 0 Å². The Morgan fingerprint density at radius 1 is 0.716 bits per heavy atom. The average Bonchev–Trinajstić information content (AvgIpc) is 3.70. The van der Waals surface area contributed by atoms with E-state index in [0.29, 0.717) is 55.2 Å². The molecule has 4 aromatic rings. The highest BCUT2D eigenvalue weighted by molar-refractivity contribution is 6.02. The Bertz CT molecular complexity index is 2240. The number of nitrogens with zero attached hydrogens (tertiary/aromatic N) is 2. The maximum absolute atomic E-state index is 12.9. The van der Waals surface area contributed by atoms with Gasteiger partial charge in [-0.15, -0.1) is 0 Å². The van der Waals surface area contributed by atoms with Gasteiger partial charge in [0.1, 0.15) is 18.0 Å². The maximum atomic E-state index is 12.9. The van der Waals surface area contributed by atoms with Crippen molar-refractivity contribution in [2.45, 2.75) is 96.1 Å². The van der Waals surface area contributed by atoms with Gasteiger partial charge < -0.3 is 35.9 Å². The molecule has 1 heterocycles. The highest BCUT2D eigenvalue weighted by Crippen LogP contribution is 2.41. The van der Waals surface area contributed by atoms with E-state index in [4.69, 9.17) is 15.2 Å². The van der Waals surface area contributed by atoms with E-state index in [2.05, 4.69) is 62.1 Å². The normalized spacial score (nSPS) is 20.4. The van der Waals surface area contributed by atoms with Crippen molar-refractivity contribution in [2.24, 2.45) is 10.7 Å². The third-order valence-electron chi connectivity index (χ3n) is 12.4. The number of urea groups is 1. The zero-order valence-corrected chi connectivity index (χ0v) is 37.4. The first-order chi connectivity index (χ1) is 31.5. The molecule has 360 valence electrons. The first-order valence-corrected chi connectivity index (χ1v) is 22.0. The van der Waals surface area contributed by atoms with Gasteiger partial charge in [0.15, 0.2) is 0 Å². The molecule has 1 aliphatic heterocycles. The first kappa shape index (κ1) is 54.5. The molecule has 0 spiro atoms. The SMILES string of the molecule is C.C.CCOC(=O)CN=C=O.COc1ccccc1C(=O)NCC1(c2ccccc2)CCC(N)CC1.COc1ccccc1C(=O)NCC1(c2ccccc2)CCC(N2C(=O)CNC2=O)CC1. The van der Waals surface area contributed by atoms with E-state index in [-0.39, 0.29) is 74.6 Å². The van der Waals surface area contributed by atoms with Gasteiger partial charge in [0.25, 0.3) is 11.8 Å². The molecule has 0 aromatic heterocycles. The lowest BCUT2D eigenvalue weighted by atomic mass is 9.68. The zero-order chi connectivity index (χ0) is 46.7. The van der Waals surface area contributed by atoms with Crippen LogP contribution in [0.1, 0.15) is 105 Å². The third-order valence-corrected chi connectivity index (χ3v) is 12.4. The highest BCUT2D eigenvalue weighted by Gasteiger charge is 2.43. The van der Waals surface area contributed by atoms with Crippen LogP contribution >= 0.6 is 0 Å². The number of para-hydroxylation sites is 2. The molecule has 0 unspecified atom stereocenters. The minimum absolute atomic E-state index is 0. The lowest BCUT2D eigenvalue weighted by Gasteiger charge is -2.42. The summed E-state index contributed by atoms with van der Waals surface area (Å²) in [7, 11) is 3.13. The van der Waals surface area contributed by atoms with Crippen LogP contribution in [0.4, 0.5) is 4.79 Å². The van der Waals surface area contributed by atoms with E-state index in [1.54, 1.807) is 39.3 Å². The molecule has 0 bridgehead atoms. The molecule has 15 heteroatoms. The summed E-state index contributed by atoms with van der Waals surface area (Å²) in [4.78, 5) is 73.9. The zero-order valence-electron chi connectivity index (χ0n) is 37.4. The smallest absolute Gasteiger partial charge is 0.328 e. The van der Waals surface area contributed by atoms with Gasteiger partial charge in [-0.25, -0.2) is 9.59 Å². The first-order valence-electron chi connectivity index (χ1n) is 22.0. The van der Waals surface area contributed by atoms with E-state index in [1.807, 2.05) is 54.6 Å². The Balaban J connectivity index is 0.000000298. The lowest BCUT2D eigenvalue weighted by molar-refractivity contribution is -0.141. The molecule has 1 saturated heterocycles. The number of rotatable bonds is 14. The summed E-state index contributed by atoms with van der Waals surface area (Å²) in [5, 5.41) is 8.85. The summed E-state index contributed by atoms with van der Waals surface area (Å²) in [5.41, 5.74) is 9.32. The minimum atomic E-state index is -0.499. The largest absolute Gasteiger partial charge is 0.496 e.